The van der Waals surface area contributed by atoms with Crippen LogP contribution >= 0.6 is 39.1 Å². The van der Waals surface area contributed by atoms with Gasteiger partial charge in [-0.1, -0.05) is 29.3 Å². The summed E-state index contributed by atoms with van der Waals surface area (Å²) in [6, 6.07) is 8.53. The zero-order valence-corrected chi connectivity index (χ0v) is 16.9. The van der Waals surface area contributed by atoms with E-state index in [4.69, 9.17) is 37.4 Å². The van der Waals surface area contributed by atoms with Gasteiger partial charge in [0.05, 0.1) is 33.3 Å². The van der Waals surface area contributed by atoms with Gasteiger partial charge in [-0.25, -0.2) is 4.79 Å². The van der Waals surface area contributed by atoms with Gasteiger partial charge in [-0.3, -0.25) is 0 Å². The van der Waals surface area contributed by atoms with Crippen LogP contribution in [0.25, 0.3) is 0 Å². The van der Waals surface area contributed by atoms with Crippen LogP contribution in [0.4, 0.5) is 0 Å². The maximum atomic E-state index is 11.9. The van der Waals surface area contributed by atoms with E-state index in [0.717, 1.165) is 5.56 Å². The third-order valence-corrected chi connectivity index (χ3v) is 4.52. The minimum atomic E-state index is -0.416. The van der Waals surface area contributed by atoms with Crippen LogP contribution in [0.5, 0.6) is 11.5 Å². The SMILES string of the molecule is CCOC(=O)c1cc(Br)c(OCc2ccc(Cl)c(Cl)c2)c(OCC)c1. The lowest BCUT2D eigenvalue weighted by Gasteiger charge is -2.15. The van der Waals surface area contributed by atoms with Crippen LogP contribution < -0.4 is 9.47 Å². The molecule has 7 heteroatoms. The Kier molecular flexibility index (Phi) is 7.41. The number of benzene rings is 2. The molecule has 0 saturated carbocycles. The molecule has 2 aromatic rings. The van der Waals surface area contributed by atoms with E-state index in [0.29, 0.717) is 44.8 Å². The lowest BCUT2D eigenvalue weighted by molar-refractivity contribution is 0.0525. The van der Waals surface area contributed by atoms with Crippen LogP contribution in [0.3, 0.4) is 0 Å². The van der Waals surface area contributed by atoms with Crippen LogP contribution in [0.1, 0.15) is 29.8 Å². The Morgan fingerprint density at radius 3 is 2.44 bits per heavy atom. The van der Waals surface area contributed by atoms with Crippen molar-refractivity contribution in [1.29, 1.82) is 0 Å². The molecule has 0 amide bonds. The molecule has 4 nitrogen and oxygen atoms in total. The highest BCUT2D eigenvalue weighted by atomic mass is 79.9. The van der Waals surface area contributed by atoms with E-state index in [9.17, 15) is 4.79 Å². The fraction of sp³-hybridized carbons (Fsp3) is 0.278. The molecule has 0 bridgehead atoms. The first-order valence-corrected chi connectivity index (χ1v) is 9.21. The van der Waals surface area contributed by atoms with Crippen molar-refractivity contribution in [1.82, 2.24) is 0 Å². The Morgan fingerprint density at radius 1 is 1.04 bits per heavy atom. The summed E-state index contributed by atoms with van der Waals surface area (Å²) in [5.41, 5.74) is 1.25. The first kappa shape index (κ1) is 19.9. The van der Waals surface area contributed by atoms with Gasteiger partial charge < -0.3 is 14.2 Å². The van der Waals surface area contributed by atoms with Crippen molar-refractivity contribution in [2.45, 2.75) is 20.5 Å². The molecule has 0 spiro atoms. The van der Waals surface area contributed by atoms with Crippen LogP contribution in [0, 0.1) is 0 Å². The summed E-state index contributed by atoms with van der Waals surface area (Å²) in [5, 5.41) is 0.949. The van der Waals surface area contributed by atoms with Crippen molar-refractivity contribution in [2.75, 3.05) is 13.2 Å². The number of hydrogen-bond acceptors (Lipinski definition) is 4. The number of esters is 1. The van der Waals surface area contributed by atoms with Gasteiger partial charge in [0.15, 0.2) is 11.5 Å². The Hall–Kier alpha value is -1.43. The molecular formula is C18H17BrCl2O4. The Labute approximate surface area is 165 Å². The molecule has 2 aromatic carbocycles. The molecule has 0 fully saturated rings. The maximum Gasteiger partial charge on any atom is 0.338 e. The second kappa shape index (κ2) is 9.32. The Bertz CT molecular complexity index is 765. The molecule has 0 aromatic heterocycles. The van der Waals surface area contributed by atoms with Crippen molar-refractivity contribution < 1.29 is 19.0 Å². The third kappa shape index (κ3) is 5.27. The number of carbonyl (C=O) groups excluding carboxylic acids is 1. The zero-order valence-electron chi connectivity index (χ0n) is 13.8. The van der Waals surface area contributed by atoms with Crippen molar-refractivity contribution in [2.24, 2.45) is 0 Å². The summed E-state index contributed by atoms with van der Waals surface area (Å²) in [4.78, 5) is 11.9. The summed E-state index contributed by atoms with van der Waals surface area (Å²) < 4.78 is 17.1. The third-order valence-electron chi connectivity index (χ3n) is 3.19. The average Bonchev–Trinajstić information content (AvgIpc) is 2.57. The smallest absolute Gasteiger partial charge is 0.338 e. The highest BCUT2D eigenvalue weighted by Crippen LogP contribution is 2.38. The van der Waals surface area contributed by atoms with E-state index in [1.807, 2.05) is 13.0 Å². The fourth-order valence-electron chi connectivity index (χ4n) is 2.09. The summed E-state index contributed by atoms with van der Waals surface area (Å²) in [6.45, 7) is 4.62. The fourth-order valence-corrected chi connectivity index (χ4v) is 2.97. The van der Waals surface area contributed by atoms with E-state index >= 15 is 0 Å². The molecule has 0 heterocycles. The molecule has 0 atom stereocenters. The van der Waals surface area contributed by atoms with Gasteiger partial charge >= 0.3 is 5.97 Å². The van der Waals surface area contributed by atoms with Gasteiger partial charge in [-0.15, -0.1) is 0 Å². The Morgan fingerprint density at radius 2 is 1.80 bits per heavy atom. The molecule has 0 radical (unpaired) electrons. The monoisotopic (exact) mass is 446 g/mol. The number of carbonyl (C=O) groups is 1. The van der Waals surface area contributed by atoms with E-state index < -0.39 is 5.97 Å². The van der Waals surface area contributed by atoms with Crippen molar-refractivity contribution >= 4 is 45.1 Å². The summed E-state index contributed by atoms with van der Waals surface area (Å²) in [6.07, 6.45) is 0. The molecule has 25 heavy (non-hydrogen) atoms. The normalized spacial score (nSPS) is 10.4. The number of hydrogen-bond donors (Lipinski definition) is 0. The second-order valence-corrected chi connectivity index (χ2v) is 6.64. The minimum absolute atomic E-state index is 0.272. The van der Waals surface area contributed by atoms with Gasteiger partial charge in [-0.2, -0.15) is 0 Å². The van der Waals surface area contributed by atoms with E-state index in [2.05, 4.69) is 15.9 Å². The minimum Gasteiger partial charge on any atom is -0.490 e. The molecule has 0 aliphatic carbocycles. The highest BCUT2D eigenvalue weighted by Gasteiger charge is 2.17. The summed E-state index contributed by atoms with van der Waals surface area (Å²) in [5.74, 6) is 0.543. The first-order chi connectivity index (χ1) is 12.0. The van der Waals surface area contributed by atoms with E-state index in [1.165, 1.54) is 0 Å². The zero-order chi connectivity index (χ0) is 18.4. The van der Waals surface area contributed by atoms with Gasteiger partial charge in [0.25, 0.3) is 0 Å². The van der Waals surface area contributed by atoms with Gasteiger partial charge in [0.1, 0.15) is 6.61 Å². The Balaban J connectivity index is 2.26. The molecule has 0 aliphatic heterocycles. The summed E-state index contributed by atoms with van der Waals surface area (Å²) in [7, 11) is 0. The molecule has 0 aliphatic rings. The van der Waals surface area contributed by atoms with Crippen LogP contribution in [-0.4, -0.2) is 19.2 Å². The lowest BCUT2D eigenvalue weighted by Crippen LogP contribution is -2.07. The number of halogens is 3. The number of rotatable bonds is 7. The molecule has 0 unspecified atom stereocenters. The van der Waals surface area contributed by atoms with Crippen LogP contribution in [0.2, 0.25) is 10.0 Å². The van der Waals surface area contributed by atoms with Crippen LogP contribution in [-0.2, 0) is 11.3 Å². The standard InChI is InChI=1S/C18H17BrCl2O4/c1-3-23-16-9-12(18(22)24-4-2)8-13(19)17(16)25-10-11-5-6-14(20)15(21)7-11/h5-9H,3-4,10H2,1-2H3. The lowest BCUT2D eigenvalue weighted by atomic mass is 10.2. The van der Waals surface area contributed by atoms with Crippen molar-refractivity contribution in [3.63, 3.8) is 0 Å². The van der Waals surface area contributed by atoms with Crippen LogP contribution in [0.15, 0.2) is 34.8 Å². The largest absolute Gasteiger partial charge is 0.490 e. The predicted molar refractivity (Wildman–Crippen MR) is 102 cm³/mol. The molecule has 0 N–H and O–H groups in total. The average molecular weight is 448 g/mol. The topological polar surface area (TPSA) is 44.8 Å². The summed E-state index contributed by atoms with van der Waals surface area (Å²) >= 11 is 15.4. The molecule has 134 valence electrons. The number of ether oxygens (including phenoxy) is 3. The van der Waals surface area contributed by atoms with Crippen molar-refractivity contribution in [3.05, 3.63) is 56.0 Å². The quantitative estimate of drug-likeness (QED) is 0.495. The molecule has 0 saturated heterocycles. The molecule has 2 rings (SSSR count). The molecular weight excluding hydrogens is 431 g/mol. The maximum absolute atomic E-state index is 11.9. The van der Waals surface area contributed by atoms with Gasteiger partial charge in [0, 0.05) is 0 Å². The van der Waals surface area contributed by atoms with E-state index in [-0.39, 0.29) is 6.61 Å². The van der Waals surface area contributed by atoms with Gasteiger partial charge in [-0.05, 0) is 59.6 Å². The second-order valence-electron chi connectivity index (χ2n) is 4.98. The highest BCUT2D eigenvalue weighted by molar-refractivity contribution is 9.10. The van der Waals surface area contributed by atoms with Crippen molar-refractivity contribution in [3.8, 4) is 11.5 Å². The van der Waals surface area contributed by atoms with E-state index in [1.54, 1.807) is 31.2 Å². The first-order valence-electron chi connectivity index (χ1n) is 7.66. The predicted octanol–water partition coefficient (Wildman–Crippen LogP) is 5.91. The van der Waals surface area contributed by atoms with Gasteiger partial charge in [0.2, 0.25) is 0 Å².